The maximum atomic E-state index is 6.13. The van der Waals surface area contributed by atoms with Gasteiger partial charge in [-0.2, -0.15) is 0 Å². The van der Waals surface area contributed by atoms with Gasteiger partial charge in [0, 0.05) is 5.56 Å². The van der Waals surface area contributed by atoms with Gasteiger partial charge in [0.25, 0.3) is 0 Å². The lowest BCUT2D eigenvalue weighted by molar-refractivity contribution is -0.180. The number of piperidine rings is 1. The topological polar surface area (TPSA) is 30.9 Å². The molecular weight excluding hydrogens is 386 g/mol. The van der Waals surface area contributed by atoms with Crippen molar-refractivity contribution in [1.82, 2.24) is 4.90 Å². The molecule has 0 atom stereocenters. The molecule has 2 saturated heterocycles. The van der Waals surface area contributed by atoms with E-state index >= 15 is 0 Å². The van der Waals surface area contributed by atoms with Crippen LogP contribution in [0.15, 0.2) is 84.9 Å². The molecule has 3 aromatic rings. The van der Waals surface area contributed by atoms with Crippen LogP contribution in [0.25, 0.3) is 0 Å². The summed E-state index contributed by atoms with van der Waals surface area (Å²) in [6.45, 7) is 4.20. The Kier molecular flexibility index (Phi) is 6.03. The third kappa shape index (κ3) is 4.67. The number of likely N-dealkylation sites (tertiary alicyclic amines) is 1. The Balaban J connectivity index is 1.19. The van der Waals surface area contributed by atoms with Crippen LogP contribution >= 0.6 is 0 Å². The number of hydrogen-bond acceptors (Lipinski definition) is 4. The molecule has 0 spiro atoms. The summed E-state index contributed by atoms with van der Waals surface area (Å²) in [4.78, 5) is 2.49. The predicted molar refractivity (Wildman–Crippen MR) is 121 cm³/mol. The maximum absolute atomic E-state index is 6.13. The van der Waals surface area contributed by atoms with E-state index in [1.807, 2.05) is 36.4 Å². The lowest BCUT2D eigenvalue weighted by atomic mass is 9.89. The second-order valence-corrected chi connectivity index (χ2v) is 8.35. The van der Waals surface area contributed by atoms with Crippen molar-refractivity contribution in [3.63, 3.8) is 0 Å². The van der Waals surface area contributed by atoms with Crippen LogP contribution < -0.4 is 4.74 Å². The van der Waals surface area contributed by atoms with Crippen molar-refractivity contribution in [2.75, 3.05) is 32.8 Å². The molecule has 0 amide bonds. The van der Waals surface area contributed by atoms with Gasteiger partial charge in [-0.25, -0.2) is 0 Å². The van der Waals surface area contributed by atoms with E-state index < -0.39 is 5.79 Å². The van der Waals surface area contributed by atoms with Gasteiger partial charge in [0.05, 0.1) is 19.8 Å². The fraction of sp³-hybridized carbons (Fsp3) is 0.333. The fourth-order valence-electron chi connectivity index (χ4n) is 4.65. The van der Waals surface area contributed by atoms with Crippen molar-refractivity contribution in [2.45, 2.75) is 24.5 Å². The van der Waals surface area contributed by atoms with Crippen molar-refractivity contribution in [1.29, 1.82) is 0 Å². The van der Waals surface area contributed by atoms with E-state index in [2.05, 4.69) is 53.4 Å². The smallest absolute Gasteiger partial charge is 0.208 e. The van der Waals surface area contributed by atoms with Gasteiger partial charge in [0.15, 0.2) is 0 Å². The minimum absolute atomic E-state index is 0.583. The molecule has 4 nitrogen and oxygen atoms in total. The fourth-order valence-corrected chi connectivity index (χ4v) is 4.65. The number of ether oxygens (including phenoxy) is 3. The molecule has 2 fully saturated rings. The molecule has 0 N–H and O–H groups in total. The van der Waals surface area contributed by atoms with E-state index in [0.717, 1.165) is 49.5 Å². The highest BCUT2D eigenvalue weighted by Crippen LogP contribution is 2.35. The van der Waals surface area contributed by atoms with Crippen molar-refractivity contribution in [2.24, 2.45) is 0 Å². The normalized spacial score (nSPS) is 19.4. The Labute approximate surface area is 184 Å². The zero-order chi connectivity index (χ0) is 20.9. The molecule has 3 aromatic carbocycles. The number of nitrogens with zero attached hydrogens (tertiary/aromatic N) is 1. The molecule has 0 aliphatic carbocycles. The predicted octanol–water partition coefficient (Wildman–Crippen LogP) is 5.56. The highest BCUT2D eigenvalue weighted by Gasteiger charge is 2.40. The minimum Gasteiger partial charge on any atom is -0.457 e. The largest absolute Gasteiger partial charge is 0.457 e. The Bertz CT molecular complexity index is 945. The molecule has 0 saturated carbocycles. The first-order valence-corrected chi connectivity index (χ1v) is 11.2. The average molecular weight is 416 g/mol. The summed E-state index contributed by atoms with van der Waals surface area (Å²) in [5.41, 5.74) is 2.51. The van der Waals surface area contributed by atoms with Crippen molar-refractivity contribution < 1.29 is 14.2 Å². The van der Waals surface area contributed by atoms with Crippen LogP contribution in [-0.4, -0.2) is 37.7 Å². The lowest BCUT2D eigenvalue weighted by Gasteiger charge is -2.38. The van der Waals surface area contributed by atoms with Gasteiger partial charge in [-0.05, 0) is 61.7 Å². The summed E-state index contributed by atoms with van der Waals surface area (Å²) in [7, 11) is 0. The molecule has 2 heterocycles. The first-order valence-electron chi connectivity index (χ1n) is 11.2. The van der Waals surface area contributed by atoms with Crippen LogP contribution in [0.5, 0.6) is 11.5 Å². The zero-order valence-electron chi connectivity index (χ0n) is 17.8. The van der Waals surface area contributed by atoms with Gasteiger partial charge in [-0.15, -0.1) is 0 Å². The van der Waals surface area contributed by atoms with E-state index in [0.29, 0.717) is 19.1 Å². The summed E-state index contributed by atoms with van der Waals surface area (Å²) < 4.78 is 18.2. The van der Waals surface area contributed by atoms with Gasteiger partial charge in [0.2, 0.25) is 5.79 Å². The molecule has 5 rings (SSSR count). The van der Waals surface area contributed by atoms with Gasteiger partial charge >= 0.3 is 0 Å². The van der Waals surface area contributed by atoms with Crippen LogP contribution in [0.4, 0.5) is 0 Å². The molecule has 31 heavy (non-hydrogen) atoms. The summed E-state index contributed by atoms with van der Waals surface area (Å²) >= 11 is 0. The first kappa shape index (κ1) is 20.3. The number of para-hydroxylation sites is 1. The highest BCUT2D eigenvalue weighted by atomic mass is 16.7. The van der Waals surface area contributed by atoms with Crippen LogP contribution in [0.2, 0.25) is 0 Å². The Morgan fingerprint density at radius 1 is 0.742 bits per heavy atom. The molecule has 2 aliphatic rings. The quantitative estimate of drug-likeness (QED) is 0.528. The van der Waals surface area contributed by atoms with E-state index in [1.54, 1.807) is 0 Å². The first-order chi connectivity index (χ1) is 15.3. The van der Waals surface area contributed by atoms with E-state index in [-0.39, 0.29) is 0 Å². The third-order valence-corrected chi connectivity index (χ3v) is 6.32. The molecule has 0 aromatic heterocycles. The minimum atomic E-state index is -0.621. The summed E-state index contributed by atoms with van der Waals surface area (Å²) in [6.07, 6.45) is 2.29. The molecule has 0 bridgehead atoms. The van der Waals surface area contributed by atoms with Crippen LogP contribution in [0.1, 0.15) is 29.9 Å². The van der Waals surface area contributed by atoms with Crippen molar-refractivity contribution in [3.05, 3.63) is 96.1 Å². The molecule has 2 aliphatic heterocycles. The lowest BCUT2D eigenvalue weighted by Crippen LogP contribution is -2.45. The van der Waals surface area contributed by atoms with Gasteiger partial charge in [-0.3, -0.25) is 4.90 Å². The van der Waals surface area contributed by atoms with E-state index in [4.69, 9.17) is 14.2 Å². The van der Waals surface area contributed by atoms with Crippen LogP contribution in [-0.2, 0) is 15.3 Å². The Hall–Kier alpha value is -2.66. The number of rotatable bonds is 6. The third-order valence-electron chi connectivity index (χ3n) is 6.32. The SMILES string of the molecule is c1ccc(Oc2ccc(C3CCN(CC4(c5ccccc5)OCCO4)CC3)cc2)cc1. The highest BCUT2D eigenvalue weighted by molar-refractivity contribution is 5.34. The second kappa shape index (κ2) is 9.23. The number of benzene rings is 3. The summed E-state index contributed by atoms with van der Waals surface area (Å²) in [5, 5.41) is 0. The molecule has 160 valence electrons. The van der Waals surface area contributed by atoms with Gasteiger partial charge in [-0.1, -0.05) is 60.7 Å². The van der Waals surface area contributed by atoms with E-state index in [9.17, 15) is 0 Å². The average Bonchev–Trinajstić information content (AvgIpc) is 3.31. The summed E-state index contributed by atoms with van der Waals surface area (Å²) in [5.74, 6) is 1.71. The van der Waals surface area contributed by atoms with Gasteiger partial charge < -0.3 is 14.2 Å². The molecule has 0 radical (unpaired) electrons. The van der Waals surface area contributed by atoms with Crippen molar-refractivity contribution >= 4 is 0 Å². The second-order valence-electron chi connectivity index (χ2n) is 8.35. The van der Waals surface area contributed by atoms with Crippen molar-refractivity contribution in [3.8, 4) is 11.5 Å². The Morgan fingerprint density at radius 3 is 1.97 bits per heavy atom. The van der Waals surface area contributed by atoms with Crippen LogP contribution in [0, 0.1) is 0 Å². The maximum Gasteiger partial charge on any atom is 0.208 e. The van der Waals surface area contributed by atoms with Gasteiger partial charge in [0.1, 0.15) is 11.5 Å². The summed E-state index contributed by atoms with van der Waals surface area (Å²) in [6, 6.07) is 28.9. The monoisotopic (exact) mass is 415 g/mol. The number of hydrogen-bond donors (Lipinski definition) is 0. The standard InChI is InChI=1S/C27H29NO3/c1-3-7-24(8-4-1)27(29-19-20-30-27)21-28-17-15-23(16-18-28)22-11-13-26(14-12-22)31-25-9-5-2-6-10-25/h1-14,23H,15-21H2. The van der Waals surface area contributed by atoms with E-state index in [1.165, 1.54) is 5.56 Å². The zero-order valence-corrected chi connectivity index (χ0v) is 17.8. The Morgan fingerprint density at radius 2 is 1.32 bits per heavy atom. The molecular formula is C27H29NO3. The van der Waals surface area contributed by atoms with Crippen LogP contribution in [0.3, 0.4) is 0 Å². The molecule has 0 unspecified atom stereocenters. The molecule has 4 heteroatoms.